The van der Waals surface area contributed by atoms with Gasteiger partial charge >= 0.3 is 0 Å². The zero-order valence-electron chi connectivity index (χ0n) is 16.1. The fraction of sp³-hybridized carbons (Fsp3) is 0.409. The highest BCUT2D eigenvalue weighted by Gasteiger charge is 2.56. The molecule has 2 aromatic rings. The number of carbonyl (C=O) groups excluding carboxylic acids is 1. The zero-order chi connectivity index (χ0) is 19.2. The fourth-order valence-electron chi connectivity index (χ4n) is 4.86. The second-order valence-electron chi connectivity index (χ2n) is 7.08. The molecule has 0 fully saturated rings. The van der Waals surface area contributed by atoms with E-state index in [1.54, 1.807) is 28.4 Å². The average Bonchev–Trinajstić information content (AvgIpc) is 2.68. The Morgan fingerprint density at radius 1 is 0.963 bits per heavy atom. The summed E-state index contributed by atoms with van der Waals surface area (Å²) in [5, 5.41) is 0. The number of ether oxygens (including phenoxy) is 4. The van der Waals surface area contributed by atoms with Gasteiger partial charge in [0.1, 0.15) is 17.1 Å². The number of methoxy groups -OCH3 is 4. The number of hydrogen-bond acceptors (Lipinski definition) is 5. The van der Waals surface area contributed by atoms with Crippen molar-refractivity contribution >= 4 is 5.78 Å². The molecule has 0 bridgehead atoms. The highest BCUT2D eigenvalue weighted by atomic mass is 16.5. The van der Waals surface area contributed by atoms with Gasteiger partial charge in [-0.05, 0) is 23.3 Å². The topological polar surface area (TPSA) is 54.0 Å². The highest BCUT2D eigenvalue weighted by Crippen LogP contribution is 2.58. The molecule has 0 radical (unpaired) electrons. The second-order valence-corrected chi connectivity index (χ2v) is 7.08. The van der Waals surface area contributed by atoms with Crippen LogP contribution in [0.1, 0.15) is 39.6 Å². The number of Topliss-reactive ketones (excluding diaryl/α,β-unsaturated/α-hetero) is 1. The number of rotatable bonds is 5. The molecule has 2 aromatic carbocycles. The number of hydrogen-bond donors (Lipinski definition) is 0. The monoisotopic (exact) mass is 368 g/mol. The molecule has 0 aliphatic heterocycles. The van der Waals surface area contributed by atoms with Crippen LogP contribution in [0.15, 0.2) is 36.4 Å². The van der Waals surface area contributed by atoms with Crippen molar-refractivity contribution in [2.45, 2.75) is 24.5 Å². The first kappa shape index (κ1) is 18.0. The van der Waals surface area contributed by atoms with E-state index in [0.29, 0.717) is 17.7 Å². The van der Waals surface area contributed by atoms with Gasteiger partial charge in [0, 0.05) is 38.5 Å². The van der Waals surface area contributed by atoms with E-state index in [9.17, 15) is 4.79 Å². The number of fused-ring (bicyclic) bond motifs is 2. The lowest BCUT2D eigenvalue weighted by Crippen LogP contribution is -2.51. The van der Waals surface area contributed by atoms with Gasteiger partial charge < -0.3 is 18.9 Å². The van der Waals surface area contributed by atoms with Crippen LogP contribution in [0.4, 0.5) is 0 Å². The second kappa shape index (κ2) is 6.66. The smallest absolute Gasteiger partial charge is 0.167 e. The first-order chi connectivity index (χ1) is 13.1. The molecule has 1 unspecified atom stereocenters. The third kappa shape index (κ3) is 2.42. The summed E-state index contributed by atoms with van der Waals surface area (Å²) in [7, 11) is 6.63. The van der Waals surface area contributed by atoms with E-state index in [1.165, 1.54) is 5.56 Å². The number of carbonyl (C=O) groups is 1. The maximum Gasteiger partial charge on any atom is 0.167 e. The summed E-state index contributed by atoms with van der Waals surface area (Å²) in [5.41, 5.74) is 3.09. The molecule has 5 nitrogen and oxygen atoms in total. The third-order valence-electron chi connectivity index (χ3n) is 6.06. The summed E-state index contributed by atoms with van der Waals surface area (Å²) in [6.07, 6.45) is 0.787. The Morgan fingerprint density at radius 3 is 2.33 bits per heavy atom. The Labute approximate surface area is 159 Å². The molecule has 0 aromatic heterocycles. The van der Waals surface area contributed by atoms with Gasteiger partial charge in [-0.1, -0.05) is 24.3 Å². The summed E-state index contributed by atoms with van der Waals surface area (Å²) in [5.74, 6) is 1.29. The van der Waals surface area contributed by atoms with Crippen molar-refractivity contribution in [3.8, 4) is 11.5 Å². The van der Waals surface area contributed by atoms with Crippen LogP contribution >= 0.6 is 0 Å². The van der Waals surface area contributed by atoms with Gasteiger partial charge in [-0.2, -0.15) is 0 Å². The number of ketones is 1. The maximum absolute atomic E-state index is 13.1. The summed E-state index contributed by atoms with van der Waals surface area (Å²) < 4.78 is 23.0. The van der Waals surface area contributed by atoms with Crippen molar-refractivity contribution in [1.82, 2.24) is 0 Å². The minimum atomic E-state index is -0.612. The lowest BCUT2D eigenvalue weighted by Gasteiger charge is -2.51. The largest absolute Gasteiger partial charge is 0.496 e. The zero-order valence-corrected chi connectivity index (χ0v) is 16.1. The minimum absolute atomic E-state index is 0.0560. The average molecular weight is 368 g/mol. The summed E-state index contributed by atoms with van der Waals surface area (Å²) >= 11 is 0. The molecule has 0 N–H and O–H groups in total. The Balaban J connectivity index is 1.85. The lowest BCUT2D eigenvalue weighted by molar-refractivity contribution is -0.132. The van der Waals surface area contributed by atoms with E-state index in [4.69, 9.17) is 18.9 Å². The van der Waals surface area contributed by atoms with Crippen molar-refractivity contribution < 1.29 is 23.7 Å². The molecule has 0 spiro atoms. The van der Waals surface area contributed by atoms with Gasteiger partial charge in [0.15, 0.2) is 5.78 Å². The molecule has 5 heteroatoms. The van der Waals surface area contributed by atoms with Gasteiger partial charge in [-0.25, -0.2) is 0 Å². The Hall–Kier alpha value is -2.37. The Bertz CT molecular complexity index is 890. The molecule has 2 aliphatic carbocycles. The van der Waals surface area contributed by atoms with Crippen molar-refractivity contribution in [2.24, 2.45) is 5.92 Å². The summed E-state index contributed by atoms with van der Waals surface area (Å²) in [6.45, 7) is 0. The van der Waals surface area contributed by atoms with Gasteiger partial charge in [-0.3, -0.25) is 4.79 Å². The molecule has 0 saturated heterocycles. The molecule has 2 aliphatic rings. The van der Waals surface area contributed by atoms with Crippen LogP contribution < -0.4 is 9.47 Å². The van der Waals surface area contributed by atoms with Crippen LogP contribution in [0.2, 0.25) is 0 Å². The van der Waals surface area contributed by atoms with Gasteiger partial charge in [0.2, 0.25) is 0 Å². The van der Waals surface area contributed by atoms with Crippen molar-refractivity contribution in [3.05, 3.63) is 58.7 Å². The van der Waals surface area contributed by atoms with Gasteiger partial charge in [-0.15, -0.1) is 0 Å². The predicted molar refractivity (Wildman–Crippen MR) is 101 cm³/mol. The van der Waals surface area contributed by atoms with E-state index in [2.05, 4.69) is 6.07 Å². The van der Waals surface area contributed by atoms with Crippen LogP contribution in [0, 0.1) is 5.92 Å². The van der Waals surface area contributed by atoms with E-state index in [1.807, 2.05) is 30.3 Å². The molecule has 0 saturated carbocycles. The predicted octanol–water partition coefficient (Wildman–Crippen LogP) is 3.69. The highest BCUT2D eigenvalue weighted by molar-refractivity contribution is 6.01. The molecule has 27 heavy (non-hydrogen) atoms. The van der Waals surface area contributed by atoms with Crippen LogP contribution in [0.3, 0.4) is 0 Å². The molecule has 142 valence electrons. The van der Waals surface area contributed by atoms with Crippen LogP contribution in [0.5, 0.6) is 11.5 Å². The first-order valence-corrected chi connectivity index (χ1v) is 9.05. The fourth-order valence-corrected chi connectivity index (χ4v) is 4.86. The van der Waals surface area contributed by atoms with Crippen molar-refractivity contribution in [2.75, 3.05) is 28.4 Å². The molecule has 4 rings (SSSR count). The number of benzene rings is 2. The van der Waals surface area contributed by atoms with Crippen molar-refractivity contribution in [1.29, 1.82) is 0 Å². The van der Waals surface area contributed by atoms with Gasteiger partial charge in [0.25, 0.3) is 0 Å². The third-order valence-corrected chi connectivity index (χ3v) is 6.06. The molecular formula is C22H24O5. The van der Waals surface area contributed by atoms with Crippen LogP contribution in [-0.4, -0.2) is 34.2 Å². The summed E-state index contributed by atoms with van der Waals surface area (Å²) in [4.78, 5) is 13.1. The van der Waals surface area contributed by atoms with Crippen molar-refractivity contribution in [3.63, 3.8) is 0 Å². The molecule has 0 heterocycles. The van der Waals surface area contributed by atoms with E-state index >= 15 is 0 Å². The van der Waals surface area contributed by atoms with E-state index in [-0.39, 0.29) is 17.8 Å². The van der Waals surface area contributed by atoms with Crippen LogP contribution in [0.25, 0.3) is 0 Å². The summed E-state index contributed by atoms with van der Waals surface area (Å²) in [6, 6.07) is 11.7. The SMILES string of the molecule is COc1cccc2c1C(=O)C[C@H](C1(OC)Cc3cccc(OC)c31)[C@@H]2OC. The van der Waals surface area contributed by atoms with Gasteiger partial charge in [0.05, 0.1) is 25.9 Å². The van der Waals surface area contributed by atoms with E-state index in [0.717, 1.165) is 23.3 Å². The molecule has 3 atom stereocenters. The Morgan fingerprint density at radius 2 is 1.67 bits per heavy atom. The Kier molecular flexibility index (Phi) is 4.44. The maximum atomic E-state index is 13.1. The molecule has 0 amide bonds. The quantitative estimate of drug-likeness (QED) is 0.806. The lowest BCUT2D eigenvalue weighted by atomic mass is 9.60. The standard InChI is InChI=1S/C22H24O5/c1-24-17-9-6-8-14-19(17)16(23)11-15(21(14)26-3)22(27-4)12-13-7-5-10-18(25-2)20(13)22/h5-10,15,21H,11-12H2,1-4H3/t15-,21+,22?/m0/s1. The van der Waals surface area contributed by atoms with E-state index < -0.39 is 5.60 Å². The normalized spacial score (nSPS) is 26.0. The van der Waals surface area contributed by atoms with Crippen LogP contribution in [-0.2, 0) is 21.5 Å². The first-order valence-electron chi connectivity index (χ1n) is 9.05. The minimum Gasteiger partial charge on any atom is -0.496 e. The molecular weight excluding hydrogens is 344 g/mol.